The van der Waals surface area contributed by atoms with Crippen LogP contribution < -0.4 is 20.4 Å². The Morgan fingerprint density at radius 1 is 0.804 bits per heavy atom. The molecule has 3 amide bonds. The fourth-order valence-electron chi connectivity index (χ4n) is 7.58. The number of rotatable bonds is 8. The lowest BCUT2D eigenvalue weighted by Gasteiger charge is -2.61. The van der Waals surface area contributed by atoms with Gasteiger partial charge in [-0.15, -0.1) is 0 Å². The summed E-state index contributed by atoms with van der Waals surface area (Å²) in [7, 11) is 0. The van der Waals surface area contributed by atoms with E-state index in [1.807, 2.05) is 41.5 Å². The monoisotopic (exact) mass is 704 g/mol. The molecule has 13 heteroatoms. The first-order valence-corrected chi connectivity index (χ1v) is 16.0. The Labute approximate surface area is 294 Å². The van der Waals surface area contributed by atoms with Gasteiger partial charge < -0.3 is 25.1 Å². The SMILES string of the molecule is CC(C(=O)[O-])(C(=O)[O-])c1ccc(Nc2ccccc2C(N2C(=O)N(c3ccc(C#N)c(C(F)(F)F)c3)C(=O)C2(C)C)(C(C)(C)C)C(C)(C)C)cc1. The van der Waals surface area contributed by atoms with E-state index in [0.717, 1.165) is 24.0 Å². The van der Waals surface area contributed by atoms with Gasteiger partial charge in [-0.3, -0.25) is 9.69 Å². The number of carboxylic acid groups (broad SMARTS) is 2. The van der Waals surface area contributed by atoms with Crippen molar-refractivity contribution >= 4 is 40.9 Å². The molecule has 1 N–H and O–H groups in total. The second-order valence-corrected chi connectivity index (χ2v) is 15.3. The summed E-state index contributed by atoms with van der Waals surface area (Å²) in [4.78, 5) is 54.8. The predicted octanol–water partition coefficient (Wildman–Crippen LogP) is 5.61. The molecule has 1 saturated heterocycles. The second kappa shape index (κ2) is 12.4. The van der Waals surface area contributed by atoms with Gasteiger partial charge in [0.25, 0.3) is 5.91 Å². The summed E-state index contributed by atoms with van der Waals surface area (Å²) in [6.45, 7) is 15.4. The largest absolute Gasteiger partial charge is 0.549 e. The molecular formula is C38H39F3N4O6-2. The Hall–Kier alpha value is -5.38. The van der Waals surface area contributed by atoms with Crippen molar-refractivity contribution in [2.45, 2.75) is 85.0 Å². The topological polar surface area (TPSA) is 157 Å². The lowest BCUT2D eigenvalue weighted by atomic mass is 9.55. The molecule has 4 rings (SSSR count). The number of carboxylic acids is 2. The Bertz CT molecular complexity index is 1920. The molecule has 1 fully saturated rings. The van der Waals surface area contributed by atoms with E-state index in [9.17, 15) is 47.8 Å². The number of amides is 3. The normalized spacial score (nSPS) is 15.5. The van der Waals surface area contributed by atoms with Gasteiger partial charge in [-0.2, -0.15) is 18.4 Å². The number of carbonyl (C=O) groups is 4. The fraction of sp³-hybridized carbons (Fsp3) is 0.395. The molecule has 0 spiro atoms. The average molecular weight is 705 g/mol. The van der Waals surface area contributed by atoms with Crippen LogP contribution in [0.25, 0.3) is 0 Å². The van der Waals surface area contributed by atoms with E-state index in [4.69, 9.17) is 0 Å². The summed E-state index contributed by atoms with van der Waals surface area (Å²) in [6.07, 6.45) is -4.93. The molecule has 0 saturated carbocycles. The number of nitrogens with one attached hydrogen (secondary N) is 1. The third kappa shape index (κ3) is 5.96. The van der Waals surface area contributed by atoms with E-state index in [0.29, 0.717) is 23.0 Å². The van der Waals surface area contributed by atoms with Crippen LogP contribution in [0.1, 0.15) is 84.6 Å². The summed E-state index contributed by atoms with van der Waals surface area (Å²) in [5, 5.41) is 36.1. The van der Waals surface area contributed by atoms with Gasteiger partial charge in [0.05, 0.1) is 45.8 Å². The number of urea groups is 1. The molecule has 51 heavy (non-hydrogen) atoms. The highest BCUT2D eigenvalue weighted by atomic mass is 19.4. The van der Waals surface area contributed by atoms with Crippen molar-refractivity contribution in [1.82, 2.24) is 4.90 Å². The van der Waals surface area contributed by atoms with Gasteiger partial charge in [-0.1, -0.05) is 71.9 Å². The number of hydrogen-bond donors (Lipinski definition) is 1. The van der Waals surface area contributed by atoms with Crippen molar-refractivity contribution in [3.63, 3.8) is 0 Å². The van der Waals surface area contributed by atoms with E-state index < -0.39 is 68.5 Å². The molecule has 270 valence electrons. The summed E-state index contributed by atoms with van der Waals surface area (Å²) < 4.78 is 42.0. The lowest BCUT2D eigenvalue weighted by molar-refractivity contribution is -0.334. The number of para-hydroxylation sites is 1. The molecule has 3 aromatic rings. The first-order valence-electron chi connectivity index (χ1n) is 16.0. The highest BCUT2D eigenvalue weighted by Crippen LogP contribution is 2.61. The Morgan fingerprint density at radius 3 is 1.80 bits per heavy atom. The number of carbonyl (C=O) groups excluding carboxylic acids is 4. The molecule has 3 aromatic carbocycles. The number of benzene rings is 3. The van der Waals surface area contributed by atoms with E-state index in [1.165, 1.54) is 49.1 Å². The molecule has 10 nitrogen and oxygen atoms in total. The van der Waals surface area contributed by atoms with E-state index >= 15 is 0 Å². The number of nitrogens with zero attached hydrogens (tertiary/aromatic N) is 3. The number of imide groups is 1. The maximum absolute atomic E-state index is 14.8. The quantitative estimate of drug-likeness (QED) is 0.234. The smallest absolute Gasteiger partial charge is 0.417 e. The van der Waals surface area contributed by atoms with Crippen LogP contribution >= 0.6 is 0 Å². The standard InChI is InChI=1S/C38H41F3N4O6/c1-33(2,3)37(34(4,5)6,26-12-10-11-13-28(26)43-24-17-15-23(16-18-24)36(9,30(47)48)31(49)50)45-32(51)44(29(46)35(45,7)8)25-19-14-22(21-42)27(20-25)38(39,40)41/h10-20,43H,1-9H3,(H,47,48)(H,49,50)/p-2. The van der Waals surface area contributed by atoms with Gasteiger partial charge >= 0.3 is 12.2 Å². The molecule has 0 atom stereocenters. The van der Waals surface area contributed by atoms with Crippen molar-refractivity contribution in [2.24, 2.45) is 10.8 Å². The fourth-order valence-corrected chi connectivity index (χ4v) is 7.58. The minimum Gasteiger partial charge on any atom is -0.549 e. The van der Waals surface area contributed by atoms with Crippen LogP contribution in [0.2, 0.25) is 0 Å². The maximum Gasteiger partial charge on any atom is 0.417 e. The van der Waals surface area contributed by atoms with Gasteiger partial charge in [0.2, 0.25) is 0 Å². The van der Waals surface area contributed by atoms with Crippen molar-refractivity contribution < 1.29 is 42.6 Å². The molecule has 0 aromatic heterocycles. The van der Waals surface area contributed by atoms with Crippen LogP contribution in [-0.2, 0) is 31.5 Å². The Kier molecular flexibility index (Phi) is 9.37. The minimum atomic E-state index is -4.93. The van der Waals surface area contributed by atoms with Gasteiger partial charge in [0.15, 0.2) is 0 Å². The van der Waals surface area contributed by atoms with Gasteiger partial charge in [0, 0.05) is 16.9 Å². The number of alkyl halides is 3. The zero-order valence-electron chi connectivity index (χ0n) is 29.8. The minimum absolute atomic E-state index is 0.0837. The van der Waals surface area contributed by atoms with Crippen LogP contribution in [0.15, 0.2) is 66.7 Å². The third-order valence-corrected chi connectivity index (χ3v) is 9.74. The number of anilines is 3. The van der Waals surface area contributed by atoms with E-state index in [-0.39, 0.29) is 11.3 Å². The summed E-state index contributed by atoms with van der Waals surface area (Å²) >= 11 is 0. The molecule has 1 aliphatic heterocycles. The second-order valence-electron chi connectivity index (χ2n) is 15.3. The van der Waals surface area contributed by atoms with Crippen LogP contribution in [0.4, 0.5) is 35.0 Å². The number of halogens is 3. The maximum atomic E-state index is 14.8. The zero-order valence-corrected chi connectivity index (χ0v) is 29.8. The van der Waals surface area contributed by atoms with Gasteiger partial charge in [0.1, 0.15) is 5.54 Å². The van der Waals surface area contributed by atoms with Crippen LogP contribution in [-0.4, -0.2) is 34.3 Å². The van der Waals surface area contributed by atoms with Gasteiger partial charge in [-0.25, -0.2) is 9.69 Å². The first kappa shape index (κ1) is 38.4. The molecule has 0 unspecified atom stereocenters. The predicted molar refractivity (Wildman–Crippen MR) is 179 cm³/mol. The van der Waals surface area contributed by atoms with Crippen LogP contribution in [0.5, 0.6) is 0 Å². The highest BCUT2D eigenvalue weighted by molar-refractivity contribution is 6.23. The van der Waals surface area contributed by atoms with Crippen molar-refractivity contribution in [3.05, 3.63) is 89.0 Å². The highest BCUT2D eigenvalue weighted by Gasteiger charge is 2.67. The summed E-state index contributed by atoms with van der Waals surface area (Å²) in [5.74, 6) is -4.45. The lowest BCUT2D eigenvalue weighted by Crippen LogP contribution is -2.67. The van der Waals surface area contributed by atoms with E-state index in [2.05, 4.69) is 5.32 Å². The number of nitriles is 1. The van der Waals surface area contributed by atoms with Gasteiger partial charge in [-0.05, 0) is 73.6 Å². The molecule has 1 heterocycles. The summed E-state index contributed by atoms with van der Waals surface area (Å²) in [6, 6.07) is 16.0. The summed E-state index contributed by atoms with van der Waals surface area (Å²) in [5.41, 5.74) is -8.06. The third-order valence-electron chi connectivity index (χ3n) is 9.74. The van der Waals surface area contributed by atoms with E-state index in [1.54, 1.807) is 24.3 Å². The molecule has 0 radical (unpaired) electrons. The van der Waals surface area contributed by atoms with Crippen molar-refractivity contribution in [3.8, 4) is 6.07 Å². The molecule has 0 aliphatic carbocycles. The first-order chi connectivity index (χ1) is 23.3. The molecular weight excluding hydrogens is 665 g/mol. The average Bonchev–Trinajstić information content (AvgIpc) is 3.19. The Balaban J connectivity index is 1.96. The zero-order chi connectivity index (χ0) is 38.7. The van der Waals surface area contributed by atoms with Crippen molar-refractivity contribution in [1.29, 1.82) is 5.26 Å². The van der Waals surface area contributed by atoms with Crippen molar-refractivity contribution in [2.75, 3.05) is 10.2 Å². The Morgan fingerprint density at radius 2 is 1.33 bits per heavy atom. The van der Waals surface area contributed by atoms with Crippen LogP contribution in [0.3, 0.4) is 0 Å². The van der Waals surface area contributed by atoms with Crippen LogP contribution in [0, 0.1) is 22.2 Å². The number of aliphatic carboxylic acids is 2. The molecule has 1 aliphatic rings. The molecule has 0 bridgehead atoms. The number of hydrogen-bond acceptors (Lipinski definition) is 8.